The number of piperazine rings is 1. The molecule has 3 heteroatoms. The molecule has 2 unspecified atom stereocenters. The minimum absolute atomic E-state index is 0.441. The van der Waals surface area contributed by atoms with E-state index in [1.165, 1.54) is 52.0 Å². The maximum absolute atomic E-state index is 3.54. The van der Waals surface area contributed by atoms with Crippen molar-refractivity contribution in [2.24, 2.45) is 5.41 Å². The predicted octanol–water partition coefficient (Wildman–Crippen LogP) is 1.79. The zero-order chi connectivity index (χ0) is 13.0. The quantitative estimate of drug-likeness (QED) is 0.778. The number of rotatable bonds is 6. The normalized spacial score (nSPS) is 29.2. The van der Waals surface area contributed by atoms with Gasteiger partial charge in [-0.1, -0.05) is 20.8 Å². The molecule has 2 fully saturated rings. The fourth-order valence-corrected chi connectivity index (χ4v) is 3.46. The van der Waals surface area contributed by atoms with Gasteiger partial charge in [-0.25, -0.2) is 0 Å². The number of hydrogen-bond acceptors (Lipinski definition) is 3. The smallest absolute Gasteiger partial charge is 0.0224 e. The first-order valence-corrected chi connectivity index (χ1v) is 7.84. The molecule has 106 valence electrons. The van der Waals surface area contributed by atoms with Crippen LogP contribution in [-0.4, -0.2) is 61.7 Å². The van der Waals surface area contributed by atoms with Gasteiger partial charge in [0, 0.05) is 38.8 Å². The van der Waals surface area contributed by atoms with Crippen molar-refractivity contribution >= 4 is 0 Å². The maximum Gasteiger partial charge on any atom is 0.0224 e. The average molecular weight is 253 g/mol. The van der Waals surface area contributed by atoms with Crippen molar-refractivity contribution in [3.05, 3.63) is 0 Å². The summed E-state index contributed by atoms with van der Waals surface area (Å²) in [5.41, 5.74) is 0.441. The molecule has 3 nitrogen and oxygen atoms in total. The van der Waals surface area contributed by atoms with E-state index in [4.69, 9.17) is 0 Å². The predicted molar refractivity (Wildman–Crippen MR) is 78.0 cm³/mol. The molecule has 2 saturated heterocycles. The Labute approximate surface area is 113 Å². The lowest BCUT2D eigenvalue weighted by Gasteiger charge is -2.42. The third-order valence-corrected chi connectivity index (χ3v) is 4.93. The molecule has 0 aromatic carbocycles. The Bertz CT molecular complexity index is 256. The minimum atomic E-state index is 0.441. The van der Waals surface area contributed by atoms with Crippen LogP contribution in [0.2, 0.25) is 0 Å². The topological polar surface area (TPSA) is 18.5 Å². The van der Waals surface area contributed by atoms with Crippen molar-refractivity contribution < 1.29 is 0 Å². The van der Waals surface area contributed by atoms with Crippen molar-refractivity contribution in [2.45, 2.75) is 46.1 Å². The number of fused-ring (bicyclic) bond motifs is 1. The largest absolute Gasteiger partial charge is 0.316 e. The first kappa shape index (κ1) is 14.3. The molecule has 18 heavy (non-hydrogen) atoms. The van der Waals surface area contributed by atoms with Crippen LogP contribution in [0.4, 0.5) is 0 Å². The number of nitrogens with zero attached hydrogens (tertiary/aromatic N) is 2. The summed E-state index contributed by atoms with van der Waals surface area (Å²) in [6.45, 7) is 15.7. The van der Waals surface area contributed by atoms with Gasteiger partial charge in [-0.15, -0.1) is 0 Å². The number of hydrogen-bond donors (Lipinski definition) is 1. The molecule has 2 rings (SSSR count). The summed E-state index contributed by atoms with van der Waals surface area (Å²) in [6.07, 6.45) is 4.11. The lowest BCUT2D eigenvalue weighted by atomic mass is 9.86. The molecule has 0 aromatic heterocycles. The molecule has 2 atom stereocenters. The van der Waals surface area contributed by atoms with Crippen LogP contribution in [0.5, 0.6) is 0 Å². The summed E-state index contributed by atoms with van der Waals surface area (Å²) >= 11 is 0. The molecule has 0 aromatic rings. The lowest BCUT2D eigenvalue weighted by molar-refractivity contribution is 0.0677. The van der Waals surface area contributed by atoms with E-state index in [-0.39, 0.29) is 0 Å². The summed E-state index contributed by atoms with van der Waals surface area (Å²) in [7, 11) is 0. The Kier molecular flexibility index (Phi) is 5.05. The van der Waals surface area contributed by atoms with Crippen LogP contribution in [0.1, 0.15) is 40.0 Å². The molecule has 2 aliphatic heterocycles. The van der Waals surface area contributed by atoms with Crippen LogP contribution in [0.25, 0.3) is 0 Å². The fourth-order valence-electron chi connectivity index (χ4n) is 3.46. The molecule has 2 heterocycles. The second-order valence-corrected chi connectivity index (χ2v) is 6.51. The van der Waals surface area contributed by atoms with Crippen molar-refractivity contribution in [3.8, 4) is 0 Å². The Hall–Kier alpha value is -0.120. The monoisotopic (exact) mass is 253 g/mol. The molecular formula is C15H31N3. The van der Waals surface area contributed by atoms with E-state index in [2.05, 4.69) is 35.9 Å². The maximum atomic E-state index is 3.54. The van der Waals surface area contributed by atoms with Crippen molar-refractivity contribution in [1.29, 1.82) is 0 Å². The summed E-state index contributed by atoms with van der Waals surface area (Å²) < 4.78 is 0. The van der Waals surface area contributed by atoms with Gasteiger partial charge in [0.05, 0.1) is 0 Å². The van der Waals surface area contributed by atoms with Crippen LogP contribution in [0.3, 0.4) is 0 Å². The van der Waals surface area contributed by atoms with E-state index in [0.717, 1.165) is 19.1 Å². The molecule has 1 N–H and O–H groups in total. The molecule has 2 aliphatic rings. The zero-order valence-corrected chi connectivity index (χ0v) is 12.5. The first-order chi connectivity index (χ1) is 8.67. The first-order valence-electron chi connectivity index (χ1n) is 7.84. The summed E-state index contributed by atoms with van der Waals surface area (Å²) in [6, 6.07) is 0.860. The third kappa shape index (κ3) is 3.46. The van der Waals surface area contributed by atoms with Gasteiger partial charge in [-0.3, -0.25) is 9.80 Å². The molecule has 0 aliphatic carbocycles. The highest BCUT2D eigenvalue weighted by molar-refractivity contribution is 4.89. The van der Waals surface area contributed by atoms with Gasteiger partial charge in [0.1, 0.15) is 0 Å². The van der Waals surface area contributed by atoms with E-state index in [1.807, 2.05) is 0 Å². The van der Waals surface area contributed by atoms with Gasteiger partial charge in [0.15, 0.2) is 0 Å². The van der Waals surface area contributed by atoms with Crippen molar-refractivity contribution in [3.63, 3.8) is 0 Å². The fraction of sp³-hybridized carbons (Fsp3) is 1.00. The molecule has 0 radical (unpaired) electrons. The SMILES string of the molecule is CCNCC(C)(CC)CN1CCN2CCCC2C1. The van der Waals surface area contributed by atoms with Gasteiger partial charge in [0.25, 0.3) is 0 Å². The molecule has 0 spiro atoms. The highest BCUT2D eigenvalue weighted by atomic mass is 15.3. The van der Waals surface area contributed by atoms with E-state index < -0.39 is 0 Å². The van der Waals surface area contributed by atoms with Crippen LogP contribution in [-0.2, 0) is 0 Å². The summed E-state index contributed by atoms with van der Waals surface area (Å²) in [5, 5.41) is 3.54. The van der Waals surface area contributed by atoms with E-state index in [0.29, 0.717) is 5.41 Å². The zero-order valence-electron chi connectivity index (χ0n) is 12.5. The van der Waals surface area contributed by atoms with Crippen molar-refractivity contribution in [2.75, 3.05) is 45.8 Å². The van der Waals surface area contributed by atoms with Crippen LogP contribution < -0.4 is 5.32 Å². The highest BCUT2D eigenvalue weighted by Crippen LogP contribution is 2.26. The van der Waals surface area contributed by atoms with Crippen molar-refractivity contribution in [1.82, 2.24) is 15.1 Å². The van der Waals surface area contributed by atoms with Gasteiger partial charge in [0.2, 0.25) is 0 Å². The second kappa shape index (κ2) is 6.36. The van der Waals surface area contributed by atoms with Gasteiger partial charge in [-0.05, 0) is 37.8 Å². The second-order valence-electron chi connectivity index (χ2n) is 6.51. The third-order valence-electron chi connectivity index (χ3n) is 4.93. The Morgan fingerprint density at radius 1 is 1.22 bits per heavy atom. The van der Waals surface area contributed by atoms with E-state index >= 15 is 0 Å². The van der Waals surface area contributed by atoms with Crippen LogP contribution in [0.15, 0.2) is 0 Å². The van der Waals surface area contributed by atoms with Gasteiger partial charge >= 0.3 is 0 Å². The van der Waals surface area contributed by atoms with E-state index in [1.54, 1.807) is 0 Å². The Balaban J connectivity index is 1.83. The summed E-state index contributed by atoms with van der Waals surface area (Å²) in [5.74, 6) is 0. The standard InChI is InChI=1S/C15H31N3/c1-4-15(3,12-16-5-2)13-17-9-10-18-8-6-7-14(18)11-17/h14,16H,4-13H2,1-3H3. The minimum Gasteiger partial charge on any atom is -0.316 e. The molecule has 0 saturated carbocycles. The number of nitrogens with one attached hydrogen (secondary N) is 1. The molecule has 0 amide bonds. The average Bonchev–Trinajstić information content (AvgIpc) is 2.84. The Morgan fingerprint density at radius 3 is 2.78 bits per heavy atom. The molecule has 0 bridgehead atoms. The summed E-state index contributed by atoms with van der Waals surface area (Å²) in [4.78, 5) is 5.41. The van der Waals surface area contributed by atoms with Crippen LogP contribution in [0, 0.1) is 5.41 Å². The van der Waals surface area contributed by atoms with Gasteiger partial charge in [-0.2, -0.15) is 0 Å². The Morgan fingerprint density at radius 2 is 2.06 bits per heavy atom. The highest BCUT2D eigenvalue weighted by Gasteiger charge is 2.33. The molecular weight excluding hydrogens is 222 g/mol. The lowest BCUT2D eigenvalue weighted by Crippen LogP contribution is -2.53. The van der Waals surface area contributed by atoms with Crippen LogP contribution >= 0.6 is 0 Å². The van der Waals surface area contributed by atoms with Gasteiger partial charge < -0.3 is 5.32 Å². The van der Waals surface area contributed by atoms with E-state index in [9.17, 15) is 0 Å².